The maximum atomic E-state index is 14.5. The van der Waals surface area contributed by atoms with Crippen LogP contribution in [0.2, 0.25) is 0 Å². The van der Waals surface area contributed by atoms with Crippen molar-refractivity contribution in [1.29, 1.82) is 0 Å². The second-order valence-electron chi connectivity index (χ2n) is 14.3. The Morgan fingerprint density at radius 3 is 1.74 bits per heavy atom. The van der Waals surface area contributed by atoms with Gasteiger partial charge in [0, 0.05) is 5.92 Å². The third-order valence-corrected chi connectivity index (χ3v) is 8.85. The van der Waals surface area contributed by atoms with Gasteiger partial charge in [-0.25, -0.2) is 4.79 Å². The molecular formula is C38H58O4. The molecule has 42 heavy (non-hydrogen) atoms. The molecule has 0 aromatic heterocycles. The monoisotopic (exact) mass is 578 g/mol. The van der Waals surface area contributed by atoms with E-state index in [-0.39, 0.29) is 52.7 Å². The summed E-state index contributed by atoms with van der Waals surface area (Å²) in [5.74, 6) is -0.555. The number of esters is 1. The molecule has 1 N–H and O–H groups in total. The summed E-state index contributed by atoms with van der Waals surface area (Å²) in [6.07, 6.45) is 12.9. The number of para-hydroxylation sites is 1. The van der Waals surface area contributed by atoms with Crippen LogP contribution >= 0.6 is 0 Å². The number of Topliss-reactive ketones (excluding diaryl/α,β-unsaturated/α-hetero) is 1. The van der Waals surface area contributed by atoms with Gasteiger partial charge in [-0.1, -0.05) is 137 Å². The lowest BCUT2D eigenvalue weighted by molar-refractivity contribution is 0.0181. The Kier molecular flexibility index (Phi) is 14.8. The number of phenolic OH excluding ortho intramolecular Hbond substituents is 1. The number of ether oxygens (including phenoxy) is 1. The summed E-state index contributed by atoms with van der Waals surface area (Å²) in [6, 6.07) is 16.0. The first-order valence-electron chi connectivity index (χ1n) is 16.4. The molecule has 2 rings (SSSR count). The molecule has 0 aliphatic rings. The lowest BCUT2D eigenvalue weighted by Gasteiger charge is -2.45. The molecule has 3 atom stereocenters. The Balaban J connectivity index is 2.28. The number of carbonyl (C=O) groups excluding carboxylic acids is 2. The van der Waals surface area contributed by atoms with Crippen LogP contribution in [0.3, 0.4) is 0 Å². The summed E-state index contributed by atoms with van der Waals surface area (Å²) >= 11 is 0. The highest BCUT2D eigenvalue weighted by molar-refractivity contribution is 6.00. The zero-order valence-electron chi connectivity index (χ0n) is 27.6. The second kappa shape index (κ2) is 17.5. The fraction of sp³-hybridized carbons (Fsp3) is 0.632. The molecule has 0 heterocycles. The Hall–Kier alpha value is -2.62. The quantitative estimate of drug-likeness (QED) is 0.109. The van der Waals surface area contributed by atoms with Crippen LogP contribution in [0.15, 0.2) is 54.6 Å². The average Bonchev–Trinajstić information content (AvgIpc) is 2.93. The molecule has 2 aromatic rings. The molecule has 0 radical (unpaired) electrons. The SMILES string of the molecule is CCCCCCCCCCCC(C(C(=O)c1ccccc1O)C(CCOC(=O)c1ccccc1)C(C)(C)C)C(C)(C)C. The smallest absolute Gasteiger partial charge is 0.338 e. The first-order chi connectivity index (χ1) is 19.9. The molecule has 0 amide bonds. The third-order valence-electron chi connectivity index (χ3n) is 8.85. The number of carbonyl (C=O) groups is 2. The van der Waals surface area contributed by atoms with Gasteiger partial charge in [-0.3, -0.25) is 4.79 Å². The highest BCUT2D eigenvalue weighted by atomic mass is 16.5. The number of benzene rings is 2. The highest BCUT2D eigenvalue weighted by Gasteiger charge is 2.45. The van der Waals surface area contributed by atoms with Gasteiger partial charge in [0.1, 0.15) is 5.75 Å². The lowest BCUT2D eigenvalue weighted by Crippen LogP contribution is -2.43. The van der Waals surface area contributed by atoms with Crippen molar-refractivity contribution in [3.63, 3.8) is 0 Å². The van der Waals surface area contributed by atoms with Gasteiger partial charge < -0.3 is 9.84 Å². The number of phenols is 1. The van der Waals surface area contributed by atoms with Crippen LogP contribution in [-0.4, -0.2) is 23.5 Å². The number of ketones is 1. The summed E-state index contributed by atoms with van der Waals surface area (Å²) in [5, 5.41) is 10.7. The summed E-state index contributed by atoms with van der Waals surface area (Å²) < 4.78 is 5.74. The largest absolute Gasteiger partial charge is 0.507 e. The molecule has 0 fully saturated rings. The predicted octanol–water partition coefficient (Wildman–Crippen LogP) is 10.7. The molecule has 4 nitrogen and oxygen atoms in total. The molecule has 4 heteroatoms. The minimum absolute atomic E-state index is 0.00161. The van der Waals surface area contributed by atoms with Gasteiger partial charge in [-0.2, -0.15) is 0 Å². The number of aromatic hydroxyl groups is 1. The van der Waals surface area contributed by atoms with E-state index in [4.69, 9.17) is 4.74 Å². The van der Waals surface area contributed by atoms with E-state index in [9.17, 15) is 14.7 Å². The van der Waals surface area contributed by atoms with Gasteiger partial charge in [-0.05, 0) is 59.8 Å². The number of unbranched alkanes of at least 4 members (excludes halogenated alkanes) is 8. The standard InChI is InChI=1S/C38H58O4/c1-8-9-10-11-12-13-14-15-19-25-31(37(2,3)4)34(35(40)30-24-20-21-26-33(30)39)32(38(5,6)7)27-28-42-36(41)29-22-17-16-18-23-29/h16-18,20-24,26,31-32,34,39H,8-15,19,25,27-28H2,1-7H3. The van der Waals surface area contributed by atoms with Crippen molar-refractivity contribution in [2.24, 2.45) is 28.6 Å². The van der Waals surface area contributed by atoms with Crippen LogP contribution < -0.4 is 0 Å². The normalized spacial score (nSPS) is 14.3. The Morgan fingerprint density at radius 2 is 1.19 bits per heavy atom. The molecule has 2 aromatic carbocycles. The molecule has 0 spiro atoms. The molecule has 0 aliphatic heterocycles. The van der Waals surface area contributed by atoms with Gasteiger partial charge in [-0.15, -0.1) is 0 Å². The van der Waals surface area contributed by atoms with E-state index in [0.717, 1.165) is 12.8 Å². The topological polar surface area (TPSA) is 63.6 Å². The summed E-state index contributed by atoms with van der Waals surface area (Å²) in [7, 11) is 0. The minimum atomic E-state index is -0.339. The number of hydrogen-bond donors (Lipinski definition) is 1. The van der Waals surface area contributed by atoms with Crippen LogP contribution in [0.5, 0.6) is 5.75 Å². The van der Waals surface area contributed by atoms with Gasteiger partial charge >= 0.3 is 5.97 Å². The van der Waals surface area contributed by atoms with Crippen molar-refractivity contribution in [2.45, 2.75) is 119 Å². The van der Waals surface area contributed by atoms with E-state index in [2.05, 4.69) is 48.5 Å². The zero-order chi connectivity index (χ0) is 31.2. The van der Waals surface area contributed by atoms with E-state index in [1.807, 2.05) is 24.3 Å². The van der Waals surface area contributed by atoms with Gasteiger partial charge in [0.2, 0.25) is 0 Å². The van der Waals surface area contributed by atoms with E-state index >= 15 is 0 Å². The maximum Gasteiger partial charge on any atom is 0.338 e. The first kappa shape index (κ1) is 35.6. The van der Waals surface area contributed by atoms with Crippen molar-refractivity contribution in [3.05, 3.63) is 65.7 Å². The Morgan fingerprint density at radius 1 is 0.690 bits per heavy atom. The van der Waals surface area contributed by atoms with Crippen LogP contribution in [-0.2, 0) is 4.74 Å². The van der Waals surface area contributed by atoms with Crippen LogP contribution in [0, 0.1) is 28.6 Å². The molecule has 0 aliphatic carbocycles. The van der Waals surface area contributed by atoms with Crippen molar-refractivity contribution in [2.75, 3.05) is 6.61 Å². The van der Waals surface area contributed by atoms with Crippen LogP contribution in [0.25, 0.3) is 0 Å². The number of rotatable bonds is 18. The molecule has 0 saturated heterocycles. The molecular weight excluding hydrogens is 520 g/mol. The second-order valence-corrected chi connectivity index (χ2v) is 14.3. The van der Waals surface area contributed by atoms with E-state index in [1.54, 1.807) is 30.3 Å². The Bertz CT molecular complexity index is 1060. The van der Waals surface area contributed by atoms with Crippen LogP contribution in [0.1, 0.15) is 140 Å². The number of hydrogen-bond acceptors (Lipinski definition) is 4. The van der Waals surface area contributed by atoms with E-state index < -0.39 is 0 Å². The van der Waals surface area contributed by atoms with Crippen molar-refractivity contribution >= 4 is 11.8 Å². The van der Waals surface area contributed by atoms with Gasteiger partial charge in [0.25, 0.3) is 0 Å². The van der Waals surface area contributed by atoms with Gasteiger partial charge in [0.05, 0.1) is 17.7 Å². The lowest BCUT2D eigenvalue weighted by atomic mass is 9.59. The minimum Gasteiger partial charge on any atom is -0.507 e. The maximum absolute atomic E-state index is 14.5. The fourth-order valence-corrected chi connectivity index (χ4v) is 6.42. The third kappa shape index (κ3) is 11.6. The molecule has 3 unspecified atom stereocenters. The Labute approximate surface area is 256 Å². The fourth-order valence-electron chi connectivity index (χ4n) is 6.42. The molecule has 0 bridgehead atoms. The van der Waals surface area contributed by atoms with Crippen molar-refractivity contribution < 1.29 is 19.4 Å². The van der Waals surface area contributed by atoms with Crippen LogP contribution in [0.4, 0.5) is 0 Å². The zero-order valence-corrected chi connectivity index (χ0v) is 27.6. The van der Waals surface area contributed by atoms with Crippen molar-refractivity contribution in [1.82, 2.24) is 0 Å². The highest BCUT2D eigenvalue weighted by Crippen LogP contribution is 2.48. The summed E-state index contributed by atoms with van der Waals surface area (Å²) in [5.41, 5.74) is 0.588. The molecule has 0 saturated carbocycles. The van der Waals surface area contributed by atoms with E-state index in [1.165, 1.54) is 51.4 Å². The molecule has 234 valence electrons. The van der Waals surface area contributed by atoms with E-state index in [0.29, 0.717) is 17.5 Å². The average molecular weight is 579 g/mol. The summed E-state index contributed by atoms with van der Waals surface area (Å²) in [4.78, 5) is 27.2. The van der Waals surface area contributed by atoms with Crippen molar-refractivity contribution in [3.8, 4) is 5.75 Å². The summed E-state index contributed by atoms with van der Waals surface area (Å²) in [6.45, 7) is 15.8. The van der Waals surface area contributed by atoms with Gasteiger partial charge in [0.15, 0.2) is 5.78 Å². The predicted molar refractivity (Wildman–Crippen MR) is 175 cm³/mol. The first-order valence-corrected chi connectivity index (χ1v) is 16.4.